The molecule has 1 amide bonds. The van der Waals surface area contributed by atoms with E-state index in [4.69, 9.17) is 5.11 Å². The number of carbonyl (C=O) groups excluding carboxylic acids is 1. The molecule has 5 nitrogen and oxygen atoms in total. The Labute approximate surface area is 132 Å². The highest BCUT2D eigenvalue weighted by Crippen LogP contribution is 2.19. The molecule has 5 heteroatoms. The standard InChI is InChI=1S/C17H27N3O2/c1-3-14(4-2)17(22)20-9-6-15(7-10-20)19-16-11-13(12-21)5-8-18-16/h5,8,11,14-15,21H,3-4,6-7,9-10,12H2,1-2H3,(H,18,19). The summed E-state index contributed by atoms with van der Waals surface area (Å²) < 4.78 is 0. The van der Waals surface area contributed by atoms with E-state index in [0.717, 1.165) is 50.2 Å². The molecule has 22 heavy (non-hydrogen) atoms. The molecule has 2 rings (SSSR count). The number of anilines is 1. The molecule has 2 N–H and O–H groups in total. The lowest BCUT2D eigenvalue weighted by Crippen LogP contribution is -2.44. The molecule has 0 unspecified atom stereocenters. The van der Waals surface area contributed by atoms with Crippen molar-refractivity contribution in [3.8, 4) is 0 Å². The number of rotatable bonds is 6. The molecule has 122 valence electrons. The zero-order valence-electron chi connectivity index (χ0n) is 13.6. The predicted molar refractivity (Wildman–Crippen MR) is 87.5 cm³/mol. The number of nitrogens with one attached hydrogen (secondary N) is 1. The summed E-state index contributed by atoms with van der Waals surface area (Å²) in [6.45, 7) is 5.82. The zero-order valence-corrected chi connectivity index (χ0v) is 13.6. The zero-order chi connectivity index (χ0) is 15.9. The summed E-state index contributed by atoms with van der Waals surface area (Å²) >= 11 is 0. The van der Waals surface area contributed by atoms with Crippen molar-refractivity contribution in [1.82, 2.24) is 9.88 Å². The van der Waals surface area contributed by atoms with E-state index >= 15 is 0 Å². The number of hydrogen-bond donors (Lipinski definition) is 2. The maximum atomic E-state index is 12.4. The lowest BCUT2D eigenvalue weighted by Gasteiger charge is -2.34. The number of likely N-dealkylation sites (tertiary alicyclic amines) is 1. The second kappa shape index (κ2) is 8.13. The van der Waals surface area contributed by atoms with Crippen LogP contribution in [0.25, 0.3) is 0 Å². The van der Waals surface area contributed by atoms with Crippen molar-refractivity contribution in [1.29, 1.82) is 0 Å². The van der Waals surface area contributed by atoms with E-state index < -0.39 is 0 Å². The fourth-order valence-electron chi connectivity index (χ4n) is 3.00. The molecule has 0 radical (unpaired) electrons. The van der Waals surface area contributed by atoms with Crippen LogP contribution in [-0.2, 0) is 11.4 Å². The molecule has 1 aromatic rings. The van der Waals surface area contributed by atoms with Crippen molar-refractivity contribution < 1.29 is 9.90 Å². The second-order valence-corrected chi connectivity index (χ2v) is 5.96. The monoisotopic (exact) mass is 305 g/mol. The number of aromatic nitrogens is 1. The first-order valence-electron chi connectivity index (χ1n) is 8.29. The highest BCUT2D eigenvalue weighted by Gasteiger charge is 2.26. The fourth-order valence-corrected chi connectivity index (χ4v) is 3.00. The van der Waals surface area contributed by atoms with E-state index in [1.807, 2.05) is 17.0 Å². The van der Waals surface area contributed by atoms with Gasteiger partial charge in [-0.25, -0.2) is 4.98 Å². The van der Waals surface area contributed by atoms with Crippen molar-refractivity contribution in [3.05, 3.63) is 23.9 Å². The Morgan fingerprint density at radius 2 is 2.09 bits per heavy atom. The minimum atomic E-state index is 0.0274. The molecular weight excluding hydrogens is 278 g/mol. The number of pyridine rings is 1. The van der Waals surface area contributed by atoms with Crippen LogP contribution in [0.5, 0.6) is 0 Å². The number of aliphatic hydroxyl groups excluding tert-OH is 1. The van der Waals surface area contributed by atoms with Gasteiger partial charge in [0.05, 0.1) is 6.61 Å². The predicted octanol–water partition coefficient (Wildman–Crippen LogP) is 2.41. The maximum Gasteiger partial charge on any atom is 0.225 e. The van der Waals surface area contributed by atoms with Gasteiger partial charge in [0.1, 0.15) is 5.82 Å². The lowest BCUT2D eigenvalue weighted by molar-refractivity contribution is -0.136. The average molecular weight is 305 g/mol. The van der Waals surface area contributed by atoms with Gasteiger partial charge in [0.25, 0.3) is 0 Å². The Morgan fingerprint density at radius 3 is 2.68 bits per heavy atom. The van der Waals surface area contributed by atoms with Crippen molar-refractivity contribution >= 4 is 11.7 Å². The quantitative estimate of drug-likeness (QED) is 0.847. The largest absolute Gasteiger partial charge is 0.392 e. The summed E-state index contributed by atoms with van der Waals surface area (Å²) in [5, 5.41) is 12.6. The molecule has 0 aromatic carbocycles. The van der Waals surface area contributed by atoms with Crippen LogP contribution in [0.2, 0.25) is 0 Å². The summed E-state index contributed by atoms with van der Waals surface area (Å²) in [5.41, 5.74) is 0.860. The molecule has 1 aromatic heterocycles. The molecule has 0 atom stereocenters. The van der Waals surface area contributed by atoms with E-state index in [0.29, 0.717) is 11.9 Å². The summed E-state index contributed by atoms with van der Waals surface area (Å²) in [5.74, 6) is 1.28. The Kier molecular flexibility index (Phi) is 6.19. The minimum Gasteiger partial charge on any atom is -0.392 e. The van der Waals surface area contributed by atoms with Crippen LogP contribution in [0.3, 0.4) is 0 Å². The molecule has 1 aliphatic heterocycles. The van der Waals surface area contributed by atoms with E-state index in [1.165, 1.54) is 0 Å². The highest BCUT2D eigenvalue weighted by atomic mass is 16.3. The van der Waals surface area contributed by atoms with Gasteiger partial charge in [-0.2, -0.15) is 0 Å². The van der Waals surface area contributed by atoms with Gasteiger partial charge in [0.15, 0.2) is 0 Å². The number of aliphatic hydroxyl groups is 1. The van der Waals surface area contributed by atoms with E-state index in [1.54, 1.807) is 6.20 Å². The van der Waals surface area contributed by atoms with Crippen molar-refractivity contribution in [2.24, 2.45) is 5.92 Å². The first-order chi connectivity index (χ1) is 10.7. The van der Waals surface area contributed by atoms with Gasteiger partial charge in [-0.15, -0.1) is 0 Å². The first-order valence-corrected chi connectivity index (χ1v) is 8.29. The Morgan fingerprint density at radius 1 is 1.41 bits per heavy atom. The summed E-state index contributed by atoms with van der Waals surface area (Å²) in [6, 6.07) is 4.02. The second-order valence-electron chi connectivity index (χ2n) is 5.96. The van der Waals surface area contributed by atoms with Crippen LogP contribution in [0, 0.1) is 5.92 Å². The van der Waals surface area contributed by atoms with Crippen LogP contribution >= 0.6 is 0 Å². The van der Waals surface area contributed by atoms with E-state index in [2.05, 4.69) is 24.1 Å². The Bertz CT molecular complexity index is 481. The molecule has 0 saturated carbocycles. The van der Waals surface area contributed by atoms with E-state index in [9.17, 15) is 4.79 Å². The van der Waals surface area contributed by atoms with Crippen molar-refractivity contribution in [3.63, 3.8) is 0 Å². The number of nitrogens with zero attached hydrogens (tertiary/aromatic N) is 2. The third-order valence-corrected chi connectivity index (χ3v) is 4.50. The topological polar surface area (TPSA) is 65.5 Å². The molecular formula is C17H27N3O2. The summed E-state index contributed by atoms with van der Waals surface area (Å²) in [4.78, 5) is 18.7. The SMILES string of the molecule is CCC(CC)C(=O)N1CCC(Nc2cc(CO)ccn2)CC1. The van der Waals surface area contributed by atoms with Crippen LogP contribution < -0.4 is 5.32 Å². The van der Waals surface area contributed by atoms with Crippen LogP contribution in [0.4, 0.5) is 5.82 Å². The highest BCUT2D eigenvalue weighted by molar-refractivity contribution is 5.78. The Hall–Kier alpha value is -1.62. The van der Waals surface area contributed by atoms with Crippen LogP contribution in [0.1, 0.15) is 45.1 Å². The number of carbonyl (C=O) groups is 1. The summed E-state index contributed by atoms with van der Waals surface area (Å²) in [6.07, 6.45) is 5.43. The first kappa shape index (κ1) is 16.7. The normalized spacial score (nSPS) is 16.1. The van der Waals surface area contributed by atoms with Crippen molar-refractivity contribution in [2.75, 3.05) is 18.4 Å². The summed E-state index contributed by atoms with van der Waals surface area (Å²) in [7, 11) is 0. The molecule has 1 saturated heterocycles. The van der Waals surface area contributed by atoms with Gasteiger partial charge in [-0.05, 0) is 43.4 Å². The van der Waals surface area contributed by atoms with Gasteiger partial charge < -0.3 is 15.3 Å². The third kappa shape index (κ3) is 4.19. The van der Waals surface area contributed by atoms with Gasteiger partial charge in [0, 0.05) is 31.2 Å². The molecule has 0 bridgehead atoms. The molecule has 2 heterocycles. The van der Waals surface area contributed by atoms with Crippen LogP contribution in [0.15, 0.2) is 18.3 Å². The van der Waals surface area contributed by atoms with Gasteiger partial charge in [0.2, 0.25) is 5.91 Å². The smallest absolute Gasteiger partial charge is 0.225 e. The van der Waals surface area contributed by atoms with Gasteiger partial charge in [-0.3, -0.25) is 4.79 Å². The van der Waals surface area contributed by atoms with Gasteiger partial charge in [-0.1, -0.05) is 13.8 Å². The molecule has 0 aliphatic carbocycles. The van der Waals surface area contributed by atoms with Gasteiger partial charge >= 0.3 is 0 Å². The maximum absolute atomic E-state index is 12.4. The Balaban J connectivity index is 1.85. The molecule has 0 spiro atoms. The molecule has 1 aliphatic rings. The lowest BCUT2D eigenvalue weighted by atomic mass is 9.98. The minimum absolute atomic E-state index is 0.0274. The van der Waals surface area contributed by atoms with Crippen molar-refractivity contribution in [2.45, 2.75) is 52.2 Å². The van der Waals surface area contributed by atoms with E-state index in [-0.39, 0.29) is 12.5 Å². The number of amides is 1. The average Bonchev–Trinajstić information content (AvgIpc) is 2.56. The number of hydrogen-bond acceptors (Lipinski definition) is 4. The van der Waals surface area contributed by atoms with Crippen LogP contribution in [-0.4, -0.2) is 40.0 Å². The number of piperidine rings is 1. The third-order valence-electron chi connectivity index (χ3n) is 4.50. The molecule has 1 fully saturated rings. The fraction of sp³-hybridized carbons (Fsp3) is 0.647.